The summed E-state index contributed by atoms with van der Waals surface area (Å²) >= 11 is 0. The molecule has 0 saturated carbocycles. The molecule has 5 nitrogen and oxygen atoms in total. The van der Waals surface area contributed by atoms with Crippen molar-refractivity contribution in [2.75, 3.05) is 0 Å². The standard InChI is InChI=1S/C70H43N3O2/c1-4-18-44(19-5-1)45-36-38-46(39-37-45)67-71-68(55-29-16-34-62-65(55)54-27-11-13-33-60(54)74-62)73-69(72-67)56-30-17-35-63-66(56)57-43-48(40-41-61(57)75-63)47-20-14-21-49(42-47)52-28-15-32-59-64(52)53-26-10-12-31-58(53)70(59,50-22-6-2-7-23-50)51-24-8-3-9-25-51/h1-43H. The van der Waals surface area contributed by atoms with Crippen LogP contribution in [0.25, 0.3) is 123 Å². The van der Waals surface area contributed by atoms with Gasteiger partial charge in [-0.15, -0.1) is 0 Å². The SMILES string of the molecule is c1ccc(-c2ccc(-c3nc(-c4cccc5oc6ccccc6c45)nc(-c4cccc5oc6ccc(-c7cccc(-c8cccc9c8-c8ccccc8C9(c8ccccc8)c8ccccc8)c7)cc6c45)n3)cc2)cc1. The van der Waals surface area contributed by atoms with Gasteiger partial charge in [0.1, 0.15) is 22.3 Å². The molecule has 0 aliphatic heterocycles. The lowest BCUT2D eigenvalue weighted by Crippen LogP contribution is -2.28. The Morgan fingerprint density at radius 3 is 1.44 bits per heavy atom. The minimum atomic E-state index is -0.485. The Kier molecular flexibility index (Phi) is 9.72. The van der Waals surface area contributed by atoms with E-state index < -0.39 is 5.41 Å². The first-order valence-electron chi connectivity index (χ1n) is 25.4. The fourth-order valence-corrected chi connectivity index (χ4v) is 11.9. The second kappa shape index (κ2) is 17.1. The first-order valence-corrected chi connectivity index (χ1v) is 25.4. The highest BCUT2D eigenvalue weighted by Crippen LogP contribution is 2.58. The molecule has 0 unspecified atom stereocenters. The van der Waals surface area contributed by atoms with Gasteiger partial charge in [-0.2, -0.15) is 0 Å². The normalized spacial score (nSPS) is 12.6. The van der Waals surface area contributed by atoms with Gasteiger partial charge in [0, 0.05) is 38.2 Å². The van der Waals surface area contributed by atoms with Crippen molar-refractivity contribution >= 4 is 43.9 Å². The van der Waals surface area contributed by atoms with Crippen LogP contribution < -0.4 is 0 Å². The third-order valence-electron chi connectivity index (χ3n) is 15.3. The molecule has 0 N–H and O–H groups in total. The largest absolute Gasteiger partial charge is 0.456 e. The van der Waals surface area contributed by atoms with Crippen molar-refractivity contribution in [2.45, 2.75) is 5.41 Å². The summed E-state index contributed by atoms with van der Waals surface area (Å²) in [6, 6.07) is 92.5. The van der Waals surface area contributed by atoms with Crippen molar-refractivity contribution in [1.29, 1.82) is 0 Å². The molecule has 0 bridgehead atoms. The van der Waals surface area contributed by atoms with E-state index in [0.717, 1.165) is 88.4 Å². The summed E-state index contributed by atoms with van der Waals surface area (Å²) < 4.78 is 13.0. The Hall–Kier alpha value is -9.97. The van der Waals surface area contributed by atoms with Crippen LogP contribution in [0, 0.1) is 0 Å². The fourth-order valence-electron chi connectivity index (χ4n) is 11.9. The smallest absolute Gasteiger partial charge is 0.164 e. The minimum absolute atomic E-state index is 0.485. The molecule has 1 aliphatic rings. The number of hydrogen-bond acceptors (Lipinski definition) is 5. The highest BCUT2D eigenvalue weighted by Gasteiger charge is 2.46. The Morgan fingerprint density at radius 1 is 0.267 bits per heavy atom. The lowest BCUT2D eigenvalue weighted by atomic mass is 9.67. The van der Waals surface area contributed by atoms with Crippen LogP contribution in [-0.4, -0.2) is 15.0 Å². The summed E-state index contributed by atoms with van der Waals surface area (Å²) in [6.45, 7) is 0. The zero-order valence-corrected chi connectivity index (χ0v) is 40.5. The predicted octanol–water partition coefficient (Wildman–Crippen LogP) is 18.0. The number of furan rings is 2. The minimum Gasteiger partial charge on any atom is -0.456 e. The van der Waals surface area contributed by atoms with Crippen molar-refractivity contribution in [3.63, 3.8) is 0 Å². The molecule has 0 amide bonds. The van der Waals surface area contributed by atoms with Crippen LogP contribution in [0.5, 0.6) is 0 Å². The average molecular weight is 958 g/mol. The molecular formula is C70H43N3O2. The lowest BCUT2D eigenvalue weighted by Gasteiger charge is -2.34. The molecule has 3 heterocycles. The Bertz CT molecular complexity index is 4480. The third-order valence-corrected chi connectivity index (χ3v) is 15.3. The molecule has 350 valence electrons. The van der Waals surface area contributed by atoms with Gasteiger partial charge in [-0.05, 0) is 103 Å². The summed E-state index contributed by atoms with van der Waals surface area (Å²) in [5, 5.41) is 3.89. The molecule has 11 aromatic carbocycles. The van der Waals surface area contributed by atoms with E-state index in [1.165, 1.54) is 38.9 Å². The molecule has 5 heteroatoms. The number of hydrogen-bond donors (Lipinski definition) is 0. The van der Waals surface area contributed by atoms with Crippen LogP contribution >= 0.6 is 0 Å². The Labute approximate surface area is 432 Å². The number of benzene rings is 11. The zero-order chi connectivity index (χ0) is 49.5. The van der Waals surface area contributed by atoms with E-state index in [1.807, 2.05) is 48.5 Å². The number of aromatic nitrogens is 3. The summed E-state index contributed by atoms with van der Waals surface area (Å²) in [4.78, 5) is 15.9. The van der Waals surface area contributed by atoms with E-state index in [9.17, 15) is 0 Å². The number of rotatable bonds is 8. The van der Waals surface area contributed by atoms with Crippen molar-refractivity contribution in [3.8, 4) is 78.7 Å². The predicted molar refractivity (Wildman–Crippen MR) is 304 cm³/mol. The molecule has 75 heavy (non-hydrogen) atoms. The zero-order valence-electron chi connectivity index (χ0n) is 40.5. The van der Waals surface area contributed by atoms with Gasteiger partial charge in [0.05, 0.1) is 5.41 Å². The van der Waals surface area contributed by atoms with E-state index in [2.05, 4.69) is 212 Å². The van der Waals surface area contributed by atoms with E-state index in [4.69, 9.17) is 23.8 Å². The molecule has 0 radical (unpaired) electrons. The molecule has 1 aliphatic carbocycles. The molecule has 15 rings (SSSR count). The monoisotopic (exact) mass is 957 g/mol. The van der Waals surface area contributed by atoms with Crippen LogP contribution in [0.15, 0.2) is 270 Å². The summed E-state index contributed by atoms with van der Waals surface area (Å²) in [5.41, 5.74) is 19.6. The molecule has 0 atom stereocenters. The van der Waals surface area contributed by atoms with Crippen LogP contribution in [0.3, 0.4) is 0 Å². The fraction of sp³-hybridized carbons (Fsp3) is 0.0143. The molecule has 3 aromatic heterocycles. The van der Waals surface area contributed by atoms with E-state index in [0.29, 0.717) is 17.5 Å². The second-order valence-corrected chi connectivity index (χ2v) is 19.4. The average Bonchev–Trinajstić information content (AvgIpc) is 4.16. The van der Waals surface area contributed by atoms with Crippen molar-refractivity contribution in [1.82, 2.24) is 15.0 Å². The summed E-state index contributed by atoms with van der Waals surface area (Å²) in [6.07, 6.45) is 0. The van der Waals surface area contributed by atoms with Gasteiger partial charge in [-0.3, -0.25) is 0 Å². The van der Waals surface area contributed by atoms with Crippen LogP contribution in [0.4, 0.5) is 0 Å². The maximum atomic E-state index is 6.67. The Morgan fingerprint density at radius 2 is 0.720 bits per heavy atom. The van der Waals surface area contributed by atoms with Crippen molar-refractivity contribution in [3.05, 3.63) is 283 Å². The molecule has 0 spiro atoms. The van der Waals surface area contributed by atoms with E-state index in [-0.39, 0.29) is 0 Å². The van der Waals surface area contributed by atoms with Gasteiger partial charge in [-0.1, -0.05) is 224 Å². The van der Waals surface area contributed by atoms with Gasteiger partial charge >= 0.3 is 0 Å². The Balaban J connectivity index is 0.884. The number of nitrogens with zero attached hydrogens (tertiary/aromatic N) is 3. The van der Waals surface area contributed by atoms with Crippen LogP contribution in [-0.2, 0) is 5.41 Å². The van der Waals surface area contributed by atoms with E-state index in [1.54, 1.807) is 0 Å². The molecule has 14 aromatic rings. The van der Waals surface area contributed by atoms with Crippen molar-refractivity contribution in [2.24, 2.45) is 0 Å². The van der Waals surface area contributed by atoms with Gasteiger partial charge in [0.15, 0.2) is 17.5 Å². The van der Waals surface area contributed by atoms with Gasteiger partial charge in [0.2, 0.25) is 0 Å². The topological polar surface area (TPSA) is 65.0 Å². The first kappa shape index (κ1) is 42.7. The van der Waals surface area contributed by atoms with Gasteiger partial charge in [-0.25, -0.2) is 15.0 Å². The van der Waals surface area contributed by atoms with Crippen LogP contribution in [0.2, 0.25) is 0 Å². The van der Waals surface area contributed by atoms with Crippen LogP contribution in [0.1, 0.15) is 22.3 Å². The molecular weight excluding hydrogens is 915 g/mol. The lowest BCUT2D eigenvalue weighted by molar-refractivity contribution is 0.668. The van der Waals surface area contributed by atoms with Gasteiger partial charge in [0.25, 0.3) is 0 Å². The third kappa shape index (κ3) is 6.75. The van der Waals surface area contributed by atoms with E-state index >= 15 is 0 Å². The maximum Gasteiger partial charge on any atom is 0.164 e. The number of para-hydroxylation sites is 1. The maximum absolute atomic E-state index is 6.67. The number of fused-ring (bicyclic) bond motifs is 9. The highest BCUT2D eigenvalue weighted by atomic mass is 16.3. The molecule has 0 fully saturated rings. The summed E-state index contributed by atoms with van der Waals surface area (Å²) in [5.74, 6) is 1.68. The quantitative estimate of drug-likeness (QED) is 0.152. The molecule has 0 saturated heterocycles. The highest BCUT2D eigenvalue weighted by molar-refractivity contribution is 6.14. The summed E-state index contributed by atoms with van der Waals surface area (Å²) in [7, 11) is 0. The second-order valence-electron chi connectivity index (χ2n) is 19.4. The van der Waals surface area contributed by atoms with Gasteiger partial charge < -0.3 is 8.83 Å². The van der Waals surface area contributed by atoms with Crippen molar-refractivity contribution < 1.29 is 8.83 Å². The first-order chi connectivity index (χ1) is 37.2.